The van der Waals surface area contributed by atoms with Crippen molar-refractivity contribution >= 4 is 21.8 Å². The number of carbonyl (C=O) groups excluding carboxylic acids is 2. The standard InChI is InChI=1S/C34H33F8N3O6S/c1-22(46)43-15-17-44(18-16-43)30(47)45-14-13-31(21-45,52(48,49)28-10-7-26(35)8-11-28)24-3-5-25(6-4-24)32(33(37,38)39,34(40,41)42)51-20-23-19-27(36)9-12-29(23)50-2/h3-12,19H,13-18,20-21H2,1-2H3/t31-/m0/s1. The number of benzene rings is 3. The third-order valence-corrected chi connectivity index (χ3v) is 11.9. The van der Waals surface area contributed by atoms with E-state index < -0.39 is 79.4 Å². The second-order valence-electron chi connectivity index (χ2n) is 12.4. The Morgan fingerprint density at radius 2 is 1.33 bits per heavy atom. The van der Waals surface area contributed by atoms with Gasteiger partial charge in [-0.25, -0.2) is 22.0 Å². The highest BCUT2D eigenvalue weighted by molar-refractivity contribution is 7.92. The largest absolute Gasteiger partial charge is 0.496 e. The third kappa shape index (κ3) is 6.89. The molecule has 2 heterocycles. The number of halogens is 8. The Balaban J connectivity index is 1.56. The summed E-state index contributed by atoms with van der Waals surface area (Å²) in [6.07, 6.45) is -12.6. The van der Waals surface area contributed by atoms with Crippen LogP contribution in [0.25, 0.3) is 0 Å². The molecule has 3 aromatic carbocycles. The molecule has 2 saturated heterocycles. The van der Waals surface area contributed by atoms with Gasteiger partial charge in [-0.05, 0) is 54.4 Å². The SMILES string of the molecule is COc1ccc(F)cc1COC(c1ccc([C@]2(S(=O)(=O)c3ccc(F)cc3)CCN(C(=O)N3CCN(C(C)=O)CC3)C2)cc1)(C(F)(F)F)C(F)(F)F. The van der Waals surface area contributed by atoms with Crippen molar-refractivity contribution in [3.63, 3.8) is 0 Å². The van der Waals surface area contributed by atoms with Crippen molar-refractivity contribution in [1.29, 1.82) is 0 Å². The minimum absolute atomic E-state index is 0.139. The van der Waals surface area contributed by atoms with Crippen molar-refractivity contribution in [2.75, 3.05) is 46.4 Å². The van der Waals surface area contributed by atoms with Gasteiger partial charge in [-0.2, -0.15) is 26.3 Å². The predicted octanol–water partition coefficient (Wildman–Crippen LogP) is 6.17. The summed E-state index contributed by atoms with van der Waals surface area (Å²) in [5.74, 6) is -2.16. The molecule has 0 unspecified atom stereocenters. The first-order valence-electron chi connectivity index (χ1n) is 15.8. The molecule has 9 nitrogen and oxygen atoms in total. The summed E-state index contributed by atoms with van der Waals surface area (Å²) in [5, 5.41) is 0. The van der Waals surface area contributed by atoms with E-state index >= 15 is 0 Å². The van der Waals surface area contributed by atoms with Crippen LogP contribution in [0.1, 0.15) is 30.0 Å². The third-order valence-electron chi connectivity index (χ3n) is 9.44. The highest BCUT2D eigenvalue weighted by Gasteiger charge is 2.73. The van der Waals surface area contributed by atoms with E-state index in [0.717, 1.165) is 55.6 Å². The first-order valence-corrected chi connectivity index (χ1v) is 17.3. The van der Waals surface area contributed by atoms with E-state index in [9.17, 15) is 53.1 Å². The average Bonchev–Trinajstić information content (AvgIpc) is 3.55. The summed E-state index contributed by atoms with van der Waals surface area (Å²) in [7, 11) is -3.53. The molecule has 282 valence electrons. The smallest absolute Gasteiger partial charge is 0.430 e. The number of piperazine rings is 1. The lowest BCUT2D eigenvalue weighted by Gasteiger charge is -2.38. The van der Waals surface area contributed by atoms with Gasteiger partial charge in [0.05, 0.1) is 18.6 Å². The molecule has 2 fully saturated rings. The molecule has 0 spiro atoms. The first kappa shape index (κ1) is 38.8. The highest BCUT2D eigenvalue weighted by Crippen LogP contribution is 2.54. The van der Waals surface area contributed by atoms with Gasteiger partial charge in [0.1, 0.15) is 22.1 Å². The van der Waals surface area contributed by atoms with Crippen LogP contribution in [0.4, 0.5) is 39.9 Å². The van der Waals surface area contributed by atoms with Crippen LogP contribution in [-0.4, -0.2) is 93.8 Å². The molecule has 0 aliphatic carbocycles. The van der Waals surface area contributed by atoms with E-state index in [0.29, 0.717) is 18.2 Å². The van der Waals surface area contributed by atoms with Crippen molar-refractivity contribution in [3.05, 3.63) is 95.1 Å². The Labute approximate surface area is 293 Å². The van der Waals surface area contributed by atoms with Crippen molar-refractivity contribution in [1.82, 2.24) is 14.7 Å². The molecule has 0 aromatic heterocycles. The number of amides is 3. The fourth-order valence-electron chi connectivity index (χ4n) is 6.60. The zero-order valence-electron chi connectivity index (χ0n) is 27.7. The van der Waals surface area contributed by atoms with Gasteiger partial charge in [0, 0.05) is 57.3 Å². The molecular weight excluding hydrogens is 730 g/mol. The van der Waals surface area contributed by atoms with Crippen molar-refractivity contribution in [2.24, 2.45) is 0 Å². The van der Waals surface area contributed by atoms with E-state index in [2.05, 4.69) is 4.74 Å². The van der Waals surface area contributed by atoms with Crippen molar-refractivity contribution < 1.29 is 62.6 Å². The molecule has 3 aromatic rings. The summed E-state index contributed by atoms with van der Waals surface area (Å²) in [6.45, 7) is 0.00705. The predicted molar refractivity (Wildman–Crippen MR) is 169 cm³/mol. The van der Waals surface area contributed by atoms with Crippen molar-refractivity contribution in [2.45, 2.75) is 47.5 Å². The minimum atomic E-state index is -6.13. The van der Waals surface area contributed by atoms with E-state index in [1.54, 1.807) is 0 Å². The molecule has 0 N–H and O–H groups in total. The van der Waals surface area contributed by atoms with E-state index in [-0.39, 0.29) is 56.4 Å². The van der Waals surface area contributed by atoms with Crippen LogP contribution in [0.2, 0.25) is 0 Å². The van der Waals surface area contributed by atoms with Crippen LogP contribution < -0.4 is 4.74 Å². The van der Waals surface area contributed by atoms with Crippen LogP contribution in [0, 0.1) is 11.6 Å². The number of ether oxygens (including phenoxy) is 2. The van der Waals surface area contributed by atoms with Crippen LogP contribution in [0.15, 0.2) is 71.6 Å². The zero-order chi connectivity index (χ0) is 38.3. The number of sulfone groups is 1. The normalized spacial score (nSPS) is 18.8. The highest BCUT2D eigenvalue weighted by atomic mass is 32.2. The maximum Gasteiger partial charge on any atom is 0.430 e. The number of hydrogen-bond donors (Lipinski definition) is 0. The second kappa shape index (κ2) is 14.2. The Morgan fingerprint density at radius 1 is 0.769 bits per heavy atom. The van der Waals surface area contributed by atoms with Gasteiger partial charge >= 0.3 is 18.4 Å². The van der Waals surface area contributed by atoms with Gasteiger partial charge in [0.25, 0.3) is 5.60 Å². The lowest BCUT2D eigenvalue weighted by atomic mass is 9.88. The molecule has 52 heavy (non-hydrogen) atoms. The van der Waals surface area contributed by atoms with Gasteiger partial charge < -0.3 is 24.2 Å². The van der Waals surface area contributed by atoms with Crippen LogP contribution in [0.5, 0.6) is 5.75 Å². The van der Waals surface area contributed by atoms with E-state index in [1.807, 2.05) is 0 Å². The Hall–Kier alpha value is -4.45. The molecule has 0 bridgehead atoms. The van der Waals surface area contributed by atoms with Gasteiger partial charge in [-0.1, -0.05) is 24.3 Å². The second-order valence-corrected chi connectivity index (χ2v) is 14.7. The summed E-state index contributed by atoms with van der Waals surface area (Å²) >= 11 is 0. The summed E-state index contributed by atoms with van der Waals surface area (Å²) in [6, 6.07) is 8.19. The maximum absolute atomic E-state index is 14.7. The number of likely N-dealkylation sites (tertiary alicyclic amines) is 1. The average molecular weight is 764 g/mol. The fourth-order valence-corrected chi connectivity index (χ4v) is 8.67. The van der Waals surface area contributed by atoms with Crippen LogP contribution in [0.3, 0.4) is 0 Å². The lowest BCUT2D eigenvalue weighted by molar-refractivity contribution is -0.392. The zero-order valence-corrected chi connectivity index (χ0v) is 28.5. The number of nitrogens with zero attached hydrogens (tertiary/aromatic N) is 3. The lowest BCUT2D eigenvalue weighted by Crippen LogP contribution is -2.56. The molecule has 0 radical (unpaired) electrons. The Bertz CT molecular complexity index is 1880. The van der Waals surface area contributed by atoms with E-state index in [1.165, 1.54) is 21.6 Å². The topological polar surface area (TPSA) is 96.5 Å². The summed E-state index contributed by atoms with van der Waals surface area (Å²) in [5.41, 5.74) is -7.09. The monoisotopic (exact) mass is 763 g/mol. The van der Waals surface area contributed by atoms with E-state index in [4.69, 9.17) is 4.74 Å². The molecule has 5 rings (SSSR count). The number of carbonyl (C=O) groups is 2. The Kier molecular flexibility index (Phi) is 10.6. The van der Waals surface area contributed by atoms with Crippen molar-refractivity contribution in [3.8, 4) is 5.75 Å². The molecule has 1 atom stereocenters. The first-order chi connectivity index (χ1) is 24.3. The molecular formula is C34H33F8N3O6S. The number of hydrogen-bond acceptors (Lipinski definition) is 6. The summed E-state index contributed by atoms with van der Waals surface area (Å²) in [4.78, 5) is 29.1. The number of rotatable bonds is 8. The maximum atomic E-state index is 14.7. The molecule has 2 aliphatic rings. The number of methoxy groups -OCH3 is 1. The number of urea groups is 1. The van der Waals surface area contributed by atoms with Crippen LogP contribution in [-0.2, 0) is 36.3 Å². The minimum Gasteiger partial charge on any atom is -0.496 e. The molecule has 2 aliphatic heterocycles. The quantitative estimate of drug-likeness (QED) is 0.201. The van der Waals surface area contributed by atoms with Crippen LogP contribution >= 0.6 is 0 Å². The number of alkyl halides is 6. The van der Waals surface area contributed by atoms with Gasteiger partial charge in [-0.15, -0.1) is 0 Å². The molecule has 3 amide bonds. The van der Waals surface area contributed by atoms with Gasteiger partial charge in [-0.3, -0.25) is 4.79 Å². The molecule has 0 saturated carbocycles. The van der Waals surface area contributed by atoms with Gasteiger partial charge in [0.2, 0.25) is 5.91 Å². The fraction of sp³-hybridized carbons (Fsp3) is 0.412. The van der Waals surface area contributed by atoms with Gasteiger partial charge in [0.15, 0.2) is 9.84 Å². The Morgan fingerprint density at radius 3 is 1.87 bits per heavy atom. The summed E-state index contributed by atoms with van der Waals surface area (Å²) < 4.78 is 152. The molecule has 18 heteroatoms.